The normalized spacial score (nSPS) is 17.8. The van der Waals surface area contributed by atoms with Crippen molar-refractivity contribution in [3.8, 4) is 0 Å². The molecule has 408 valence electrons. The van der Waals surface area contributed by atoms with Gasteiger partial charge in [0.25, 0.3) is 40.5 Å². The number of carbonyl (C=O) groups is 1. The molecule has 5 N–H and O–H groups in total. The van der Waals surface area contributed by atoms with Crippen LogP contribution in [-0.4, -0.2) is 140 Å². The molecule has 24 heteroatoms. The molecule has 4 aromatic rings. The van der Waals surface area contributed by atoms with Crippen LogP contribution in [0.25, 0.3) is 21.5 Å². The first-order valence-corrected chi connectivity index (χ1v) is 29.6. The lowest BCUT2D eigenvalue weighted by atomic mass is 9.76. The first-order chi connectivity index (χ1) is 35.2. The van der Waals surface area contributed by atoms with Gasteiger partial charge < -0.3 is 29.0 Å². The average molecular weight is 1120 g/mol. The largest absolute Gasteiger partial charge is 0.481 e. The number of nitrogens with zero attached hydrogens (tertiary/aromatic N) is 2. The summed E-state index contributed by atoms with van der Waals surface area (Å²) in [5.74, 6) is -0.931. The van der Waals surface area contributed by atoms with E-state index in [0.717, 1.165) is 11.8 Å². The molecule has 0 fully saturated rings. The highest BCUT2D eigenvalue weighted by molar-refractivity contribution is 7.87. The summed E-state index contributed by atoms with van der Waals surface area (Å²) in [5.41, 5.74) is 1.90. The molecule has 2 heterocycles. The van der Waals surface area contributed by atoms with E-state index in [2.05, 4.69) is 0 Å². The summed E-state index contributed by atoms with van der Waals surface area (Å²) >= 11 is 0. The van der Waals surface area contributed by atoms with E-state index < -0.39 is 76.9 Å². The Balaban J connectivity index is 1.37. The summed E-state index contributed by atoms with van der Waals surface area (Å²) < 4.78 is 165. The van der Waals surface area contributed by atoms with Crippen molar-refractivity contribution in [3.05, 3.63) is 108 Å². The van der Waals surface area contributed by atoms with E-state index in [9.17, 15) is 61.8 Å². The fourth-order valence-electron chi connectivity index (χ4n) is 9.87. The summed E-state index contributed by atoms with van der Waals surface area (Å²) in [7, 11) is -18.3. The number of ether oxygens (including phenoxy) is 4. The molecule has 0 saturated carbocycles. The maximum absolute atomic E-state index is 12.8. The van der Waals surface area contributed by atoms with E-state index >= 15 is 0 Å². The number of carboxylic acid groups (broad SMARTS) is 1. The zero-order valence-corrected chi connectivity index (χ0v) is 45.4. The lowest BCUT2D eigenvalue weighted by molar-refractivity contribution is -0.433. The number of aliphatic carboxylic acids is 1. The van der Waals surface area contributed by atoms with Crippen molar-refractivity contribution in [2.45, 2.75) is 90.2 Å². The third kappa shape index (κ3) is 13.5. The number of benzene rings is 4. The van der Waals surface area contributed by atoms with E-state index in [1.807, 2.05) is 49.3 Å². The van der Waals surface area contributed by atoms with Crippen LogP contribution in [0.3, 0.4) is 0 Å². The second-order valence-electron chi connectivity index (χ2n) is 18.6. The number of anilines is 1. The molecule has 0 amide bonds. The van der Waals surface area contributed by atoms with Crippen molar-refractivity contribution in [1.29, 1.82) is 0 Å². The molecule has 1 unspecified atom stereocenters. The Kier molecular flexibility index (Phi) is 18.9. The number of unbranched alkanes of at least 4 members (excludes halogenated alkanes) is 2. The van der Waals surface area contributed by atoms with E-state index in [-0.39, 0.29) is 54.2 Å². The molecule has 0 aromatic heterocycles. The zero-order chi connectivity index (χ0) is 55.1. The number of fused-ring (bicyclic) bond motifs is 6. The summed E-state index contributed by atoms with van der Waals surface area (Å²) in [4.78, 5) is 10.5. The van der Waals surface area contributed by atoms with Crippen LogP contribution in [0, 0.1) is 0 Å². The van der Waals surface area contributed by atoms with Gasteiger partial charge in [0.1, 0.15) is 16.3 Å². The van der Waals surface area contributed by atoms with E-state index in [1.54, 1.807) is 49.6 Å². The minimum absolute atomic E-state index is 0.0109. The Bertz CT molecular complexity index is 3460. The van der Waals surface area contributed by atoms with Crippen molar-refractivity contribution in [2.75, 3.05) is 71.3 Å². The van der Waals surface area contributed by atoms with Gasteiger partial charge in [-0.15, -0.1) is 0 Å². The van der Waals surface area contributed by atoms with Crippen LogP contribution < -0.4 is 4.90 Å². The van der Waals surface area contributed by atoms with Gasteiger partial charge in [-0.3, -0.25) is 23.0 Å². The number of hydrogen-bond acceptors (Lipinski definition) is 14. The highest BCUT2D eigenvalue weighted by atomic mass is 32.2. The van der Waals surface area contributed by atoms with Gasteiger partial charge in [-0.25, -0.2) is 0 Å². The van der Waals surface area contributed by atoms with Crippen LogP contribution in [0.2, 0.25) is 0 Å². The first-order valence-electron chi connectivity index (χ1n) is 23.9. The quantitative estimate of drug-likeness (QED) is 0.0168. The van der Waals surface area contributed by atoms with Crippen LogP contribution in [0.4, 0.5) is 11.4 Å². The van der Waals surface area contributed by atoms with Crippen LogP contribution >= 0.6 is 0 Å². The molecule has 2 aliphatic rings. The van der Waals surface area contributed by atoms with Crippen molar-refractivity contribution in [3.63, 3.8) is 0 Å². The van der Waals surface area contributed by atoms with Gasteiger partial charge in [0, 0.05) is 72.0 Å². The van der Waals surface area contributed by atoms with Crippen LogP contribution in [-0.2, 0) is 75.0 Å². The van der Waals surface area contributed by atoms with Crippen molar-refractivity contribution in [1.82, 2.24) is 0 Å². The van der Waals surface area contributed by atoms with Gasteiger partial charge in [0.05, 0.1) is 54.8 Å². The van der Waals surface area contributed by atoms with Gasteiger partial charge in [-0.2, -0.15) is 38.2 Å². The van der Waals surface area contributed by atoms with Gasteiger partial charge in [-0.05, 0) is 106 Å². The third-order valence-electron chi connectivity index (χ3n) is 13.3. The molecule has 0 radical (unpaired) electrons. The maximum Gasteiger partial charge on any atom is 0.303 e. The predicted molar refractivity (Wildman–Crippen MR) is 281 cm³/mol. The SMILES string of the molecule is CC[N+]1=C(/C=C/C=C/C=C/C=C2/N(CCCCCC(=O)O)c3ccc4c(S(=O)(=O)O)cc(S(=O)(=O)O)cc4c3C2(C)CCOCCOCCOCCOC)C(C)(C)c2c1ccc1c(S(=O)(=O)O)cc(S(=O)(=O)O)cc21. The summed E-state index contributed by atoms with van der Waals surface area (Å²) in [5, 5.41) is 9.74. The molecular weight excluding hydrogens is 1060 g/mol. The molecule has 75 heavy (non-hydrogen) atoms. The Morgan fingerprint density at radius 2 is 1.15 bits per heavy atom. The molecule has 0 saturated heterocycles. The Labute approximate surface area is 437 Å². The number of methoxy groups -OCH3 is 1. The highest BCUT2D eigenvalue weighted by Gasteiger charge is 2.47. The van der Waals surface area contributed by atoms with Crippen molar-refractivity contribution >= 4 is 85.1 Å². The molecule has 1 atom stereocenters. The summed E-state index contributed by atoms with van der Waals surface area (Å²) in [6.45, 7) is 10.6. The Morgan fingerprint density at radius 3 is 1.68 bits per heavy atom. The summed E-state index contributed by atoms with van der Waals surface area (Å²) in [6.07, 6.45) is 14.3. The van der Waals surface area contributed by atoms with E-state index in [1.165, 1.54) is 24.3 Å². The average Bonchev–Trinajstić information content (AvgIpc) is 3.69. The number of rotatable bonds is 27. The van der Waals surface area contributed by atoms with Crippen molar-refractivity contribution < 1.29 is 85.3 Å². The molecule has 4 aromatic carbocycles. The molecule has 0 bridgehead atoms. The van der Waals surface area contributed by atoms with E-state index in [0.29, 0.717) is 93.0 Å². The standard InChI is InChI=1S/C51H62N2O18S4/c1-6-52-41-20-18-37-39(31-35(72(56,57)58)33-43(37)74(62,63)64)48(41)50(2,3)45(52)15-11-8-7-9-12-16-46-51(4,22-24-69-27-28-71-30-29-70-26-25-68-5)49-40-32-36(73(59,60)61)34-44(75(65,66)67)38(40)19-21-42(49)53(46)23-14-10-13-17-47(54)55/h7-9,11-12,15-16,18-21,31-34H,6,10,13-14,17,22-30H2,1-5H3,(H4-,54,55,56,57,58,59,60,61,62,63,64,65,66,67)/p+1. The molecule has 0 spiro atoms. The van der Waals surface area contributed by atoms with E-state index in [4.69, 9.17) is 18.9 Å². The zero-order valence-electron chi connectivity index (χ0n) is 42.1. The molecular formula is C51H63N2O18S4+. The smallest absolute Gasteiger partial charge is 0.303 e. The molecule has 0 aliphatic carbocycles. The number of hydrogen-bond donors (Lipinski definition) is 5. The highest BCUT2D eigenvalue weighted by Crippen LogP contribution is 2.54. The lowest BCUT2D eigenvalue weighted by Crippen LogP contribution is -2.30. The van der Waals surface area contributed by atoms with Crippen LogP contribution in [0.15, 0.2) is 116 Å². The van der Waals surface area contributed by atoms with Gasteiger partial charge in [0.2, 0.25) is 5.69 Å². The fourth-order valence-corrected chi connectivity index (χ4v) is 12.5. The minimum Gasteiger partial charge on any atom is -0.481 e. The first kappa shape index (κ1) is 59.0. The third-order valence-corrected chi connectivity index (χ3v) is 16.7. The predicted octanol–water partition coefficient (Wildman–Crippen LogP) is 7.44. The van der Waals surface area contributed by atoms with Crippen LogP contribution in [0.1, 0.15) is 70.9 Å². The van der Waals surface area contributed by atoms with Gasteiger partial charge >= 0.3 is 5.97 Å². The van der Waals surface area contributed by atoms with Crippen molar-refractivity contribution in [2.24, 2.45) is 0 Å². The maximum atomic E-state index is 12.8. The Hall–Kier alpha value is -5.22. The monoisotopic (exact) mass is 1120 g/mol. The molecule has 2 aliphatic heterocycles. The van der Waals surface area contributed by atoms with Gasteiger partial charge in [0.15, 0.2) is 5.71 Å². The fraction of sp³-hybridized carbons (Fsp3) is 0.412. The molecule has 6 rings (SSSR count). The number of allylic oxidation sites excluding steroid dienone is 8. The topological polar surface area (TPSA) is 298 Å². The number of carboxylic acids is 1. The minimum atomic E-state index is -5.03. The van der Waals surface area contributed by atoms with Gasteiger partial charge in [-0.1, -0.05) is 42.9 Å². The molecule has 20 nitrogen and oxygen atoms in total. The van der Waals surface area contributed by atoms with Crippen LogP contribution in [0.5, 0.6) is 0 Å². The second-order valence-corrected chi connectivity index (χ2v) is 24.2. The second kappa shape index (κ2) is 24.0. The summed E-state index contributed by atoms with van der Waals surface area (Å²) in [6, 6.07) is 10.1. The lowest BCUT2D eigenvalue weighted by Gasteiger charge is -2.31. The Morgan fingerprint density at radius 1 is 0.627 bits per heavy atom.